The summed E-state index contributed by atoms with van der Waals surface area (Å²) in [5.41, 5.74) is 1.85. The van der Waals surface area contributed by atoms with Gasteiger partial charge in [0.25, 0.3) is 0 Å². The van der Waals surface area contributed by atoms with Gasteiger partial charge in [0.05, 0.1) is 12.2 Å². The van der Waals surface area contributed by atoms with E-state index in [4.69, 9.17) is 0 Å². The molecule has 6 nitrogen and oxygen atoms in total. The maximum absolute atomic E-state index is 12.1. The predicted octanol–water partition coefficient (Wildman–Crippen LogP) is 2.00. The second-order valence-electron chi connectivity index (χ2n) is 5.83. The molecule has 1 saturated heterocycles. The highest BCUT2D eigenvalue weighted by Gasteiger charge is 2.26. The number of pyridine rings is 1. The average molecular weight is 331 g/mol. The monoisotopic (exact) mass is 331 g/mol. The Morgan fingerprint density at radius 1 is 1.39 bits per heavy atom. The lowest BCUT2D eigenvalue weighted by atomic mass is 10.2. The SMILES string of the molecule is Cc1csc(N2CCN(CC(=O)Nc3ccncc3)C[C@H]2C)n1. The van der Waals surface area contributed by atoms with Crippen LogP contribution in [0.2, 0.25) is 0 Å². The predicted molar refractivity (Wildman–Crippen MR) is 93.0 cm³/mol. The summed E-state index contributed by atoms with van der Waals surface area (Å²) in [6.07, 6.45) is 3.35. The summed E-state index contributed by atoms with van der Waals surface area (Å²) in [5.74, 6) is 0.0157. The molecule has 0 unspecified atom stereocenters. The van der Waals surface area contributed by atoms with Crippen molar-refractivity contribution < 1.29 is 4.79 Å². The van der Waals surface area contributed by atoms with Crippen molar-refractivity contribution in [2.75, 3.05) is 36.4 Å². The summed E-state index contributed by atoms with van der Waals surface area (Å²) in [7, 11) is 0. The Labute approximate surface area is 140 Å². The second kappa shape index (κ2) is 7.06. The zero-order valence-electron chi connectivity index (χ0n) is 13.4. The molecule has 1 fully saturated rings. The van der Waals surface area contributed by atoms with Gasteiger partial charge in [-0.15, -0.1) is 11.3 Å². The Morgan fingerprint density at radius 2 is 2.17 bits per heavy atom. The zero-order valence-corrected chi connectivity index (χ0v) is 14.2. The quantitative estimate of drug-likeness (QED) is 0.928. The van der Waals surface area contributed by atoms with Crippen molar-refractivity contribution >= 4 is 28.1 Å². The van der Waals surface area contributed by atoms with E-state index in [0.717, 1.165) is 36.1 Å². The number of carbonyl (C=O) groups is 1. The molecule has 7 heteroatoms. The van der Waals surface area contributed by atoms with Crippen LogP contribution in [0.15, 0.2) is 29.9 Å². The zero-order chi connectivity index (χ0) is 16.2. The fraction of sp³-hybridized carbons (Fsp3) is 0.438. The van der Waals surface area contributed by atoms with Crippen LogP contribution in [0, 0.1) is 6.92 Å². The van der Waals surface area contributed by atoms with Crippen molar-refractivity contribution in [1.29, 1.82) is 0 Å². The minimum absolute atomic E-state index is 0.0157. The van der Waals surface area contributed by atoms with Gasteiger partial charge in [-0.25, -0.2) is 4.98 Å². The number of carbonyl (C=O) groups excluding carboxylic acids is 1. The van der Waals surface area contributed by atoms with Crippen LogP contribution < -0.4 is 10.2 Å². The third-order valence-electron chi connectivity index (χ3n) is 3.90. The highest BCUT2D eigenvalue weighted by molar-refractivity contribution is 7.13. The van der Waals surface area contributed by atoms with E-state index in [2.05, 4.69) is 37.4 Å². The topological polar surface area (TPSA) is 61.4 Å². The molecular weight excluding hydrogens is 310 g/mol. The van der Waals surface area contributed by atoms with Crippen molar-refractivity contribution in [1.82, 2.24) is 14.9 Å². The molecule has 122 valence electrons. The lowest BCUT2D eigenvalue weighted by Gasteiger charge is -2.39. The summed E-state index contributed by atoms with van der Waals surface area (Å²) in [4.78, 5) is 25.2. The van der Waals surface area contributed by atoms with Crippen LogP contribution in [-0.2, 0) is 4.79 Å². The van der Waals surface area contributed by atoms with E-state index in [1.54, 1.807) is 35.9 Å². The summed E-state index contributed by atoms with van der Waals surface area (Å²) in [5, 5.41) is 6.07. The Morgan fingerprint density at radius 3 is 2.83 bits per heavy atom. The highest BCUT2D eigenvalue weighted by Crippen LogP contribution is 2.24. The summed E-state index contributed by atoms with van der Waals surface area (Å²) < 4.78 is 0. The first-order chi connectivity index (χ1) is 11.1. The third-order valence-corrected chi connectivity index (χ3v) is 4.89. The van der Waals surface area contributed by atoms with E-state index in [-0.39, 0.29) is 5.91 Å². The molecule has 0 aliphatic carbocycles. The molecule has 1 aliphatic rings. The normalized spacial score (nSPS) is 18.9. The fourth-order valence-corrected chi connectivity index (χ4v) is 3.71. The molecule has 0 bridgehead atoms. The number of hydrogen-bond donors (Lipinski definition) is 1. The molecule has 3 rings (SSSR count). The van der Waals surface area contributed by atoms with Crippen LogP contribution in [-0.4, -0.2) is 53.0 Å². The Hall–Kier alpha value is -1.99. The molecule has 1 aliphatic heterocycles. The van der Waals surface area contributed by atoms with Crippen LogP contribution in [0.25, 0.3) is 0 Å². The first-order valence-electron chi connectivity index (χ1n) is 7.73. The molecule has 0 aromatic carbocycles. The molecule has 0 radical (unpaired) electrons. The summed E-state index contributed by atoms with van der Waals surface area (Å²) in [6.45, 7) is 7.25. The molecule has 0 saturated carbocycles. The number of aromatic nitrogens is 2. The van der Waals surface area contributed by atoms with Gasteiger partial charge in [-0.2, -0.15) is 0 Å². The molecule has 1 atom stereocenters. The standard InChI is InChI=1S/C16H21N5OS/c1-12-11-23-16(18-12)21-8-7-20(9-13(21)2)10-15(22)19-14-3-5-17-6-4-14/h3-6,11,13H,7-10H2,1-2H3,(H,17,19,22)/t13-/m1/s1. The number of rotatable bonds is 4. The molecule has 2 aromatic rings. The van der Waals surface area contributed by atoms with Crippen molar-refractivity contribution in [3.05, 3.63) is 35.6 Å². The van der Waals surface area contributed by atoms with Gasteiger partial charge in [0, 0.05) is 49.1 Å². The molecule has 1 N–H and O–H groups in total. The molecule has 23 heavy (non-hydrogen) atoms. The van der Waals surface area contributed by atoms with Crippen LogP contribution >= 0.6 is 11.3 Å². The van der Waals surface area contributed by atoms with Gasteiger partial charge in [-0.3, -0.25) is 14.7 Å². The minimum Gasteiger partial charge on any atom is -0.343 e. The van der Waals surface area contributed by atoms with Gasteiger partial charge >= 0.3 is 0 Å². The van der Waals surface area contributed by atoms with Gasteiger partial charge in [0.1, 0.15) is 0 Å². The first-order valence-corrected chi connectivity index (χ1v) is 8.61. The van der Waals surface area contributed by atoms with E-state index < -0.39 is 0 Å². The number of nitrogens with zero attached hydrogens (tertiary/aromatic N) is 4. The van der Waals surface area contributed by atoms with E-state index in [9.17, 15) is 4.79 Å². The van der Waals surface area contributed by atoms with Crippen molar-refractivity contribution in [3.8, 4) is 0 Å². The van der Waals surface area contributed by atoms with Crippen LogP contribution in [0.5, 0.6) is 0 Å². The Bertz CT molecular complexity index is 660. The largest absolute Gasteiger partial charge is 0.343 e. The van der Waals surface area contributed by atoms with Crippen LogP contribution in [0.4, 0.5) is 10.8 Å². The van der Waals surface area contributed by atoms with Crippen LogP contribution in [0.3, 0.4) is 0 Å². The van der Waals surface area contributed by atoms with E-state index in [1.165, 1.54) is 0 Å². The molecular formula is C16H21N5OS. The number of nitrogens with one attached hydrogen (secondary N) is 1. The molecule has 3 heterocycles. The number of anilines is 2. The van der Waals surface area contributed by atoms with Crippen molar-refractivity contribution in [2.45, 2.75) is 19.9 Å². The maximum atomic E-state index is 12.1. The van der Waals surface area contributed by atoms with Crippen molar-refractivity contribution in [3.63, 3.8) is 0 Å². The van der Waals surface area contributed by atoms with Gasteiger partial charge in [0.2, 0.25) is 5.91 Å². The number of aryl methyl sites for hydroxylation is 1. The summed E-state index contributed by atoms with van der Waals surface area (Å²) in [6, 6.07) is 3.94. The minimum atomic E-state index is 0.0157. The molecule has 1 amide bonds. The van der Waals surface area contributed by atoms with Gasteiger partial charge in [-0.1, -0.05) is 0 Å². The van der Waals surface area contributed by atoms with Gasteiger partial charge in [0.15, 0.2) is 5.13 Å². The average Bonchev–Trinajstić information content (AvgIpc) is 2.94. The molecule has 2 aromatic heterocycles. The van der Waals surface area contributed by atoms with Gasteiger partial charge < -0.3 is 10.2 Å². The molecule has 0 spiro atoms. The van der Waals surface area contributed by atoms with E-state index in [0.29, 0.717) is 12.6 Å². The Kier molecular flexibility index (Phi) is 4.88. The second-order valence-corrected chi connectivity index (χ2v) is 6.67. The van der Waals surface area contributed by atoms with E-state index in [1.807, 2.05) is 6.92 Å². The smallest absolute Gasteiger partial charge is 0.238 e. The number of thiazole rings is 1. The third kappa shape index (κ3) is 4.05. The maximum Gasteiger partial charge on any atom is 0.238 e. The number of amides is 1. The van der Waals surface area contributed by atoms with Crippen LogP contribution in [0.1, 0.15) is 12.6 Å². The lowest BCUT2D eigenvalue weighted by Crippen LogP contribution is -2.53. The summed E-state index contributed by atoms with van der Waals surface area (Å²) >= 11 is 1.69. The van der Waals surface area contributed by atoms with E-state index >= 15 is 0 Å². The first kappa shape index (κ1) is 15.9. The number of hydrogen-bond acceptors (Lipinski definition) is 6. The Balaban J connectivity index is 1.52. The highest BCUT2D eigenvalue weighted by atomic mass is 32.1. The van der Waals surface area contributed by atoms with Crippen molar-refractivity contribution in [2.24, 2.45) is 0 Å². The number of piperazine rings is 1. The lowest BCUT2D eigenvalue weighted by molar-refractivity contribution is -0.117. The van der Waals surface area contributed by atoms with Gasteiger partial charge in [-0.05, 0) is 26.0 Å². The fourth-order valence-electron chi connectivity index (χ4n) is 2.77.